The number of thiophene rings is 1. The van der Waals surface area contributed by atoms with Gasteiger partial charge in [-0.1, -0.05) is 52.7 Å². The summed E-state index contributed by atoms with van der Waals surface area (Å²) in [5, 5.41) is 7.88. The monoisotopic (exact) mass is 379 g/mol. The van der Waals surface area contributed by atoms with E-state index < -0.39 is 0 Å². The molecule has 1 aromatic heterocycles. The van der Waals surface area contributed by atoms with E-state index in [0.29, 0.717) is 0 Å². The van der Waals surface area contributed by atoms with Gasteiger partial charge in [-0.2, -0.15) is 0 Å². The highest BCUT2D eigenvalue weighted by molar-refractivity contribution is 9.10. The molecule has 1 nitrogen and oxygen atoms in total. The van der Waals surface area contributed by atoms with Crippen LogP contribution < -0.4 is 5.32 Å². The van der Waals surface area contributed by atoms with Gasteiger partial charge in [0.2, 0.25) is 0 Å². The molecule has 0 bridgehead atoms. The molecule has 0 amide bonds. The van der Waals surface area contributed by atoms with Gasteiger partial charge in [0, 0.05) is 14.2 Å². The van der Waals surface area contributed by atoms with Gasteiger partial charge in [0.15, 0.2) is 0 Å². The summed E-state index contributed by atoms with van der Waals surface area (Å²) in [6.07, 6.45) is 0. The van der Waals surface area contributed by atoms with Gasteiger partial charge in [0.25, 0.3) is 0 Å². The number of nitrogens with one attached hydrogen (secondary N) is 1. The highest BCUT2D eigenvalue weighted by Gasteiger charge is 2.17. The van der Waals surface area contributed by atoms with Crippen molar-refractivity contribution in [1.29, 1.82) is 0 Å². The van der Waals surface area contributed by atoms with Crippen LogP contribution in [0, 0.1) is 0 Å². The molecule has 0 radical (unpaired) electrons. The lowest BCUT2D eigenvalue weighted by Crippen LogP contribution is -2.21. The van der Waals surface area contributed by atoms with Crippen LogP contribution in [0.4, 0.5) is 0 Å². The van der Waals surface area contributed by atoms with Crippen molar-refractivity contribution in [3.8, 4) is 0 Å². The van der Waals surface area contributed by atoms with E-state index in [0.717, 1.165) is 16.0 Å². The van der Waals surface area contributed by atoms with Crippen molar-refractivity contribution in [2.24, 2.45) is 0 Å². The Morgan fingerprint density at radius 1 is 1.24 bits per heavy atom. The third-order valence-corrected chi connectivity index (χ3v) is 5.11. The minimum Gasteiger partial charge on any atom is -0.306 e. The second-order valence-electron chi connectivity index (χ2n) is 4.88. The van der Waals surface area contributed by atoms with Crippen molar-refractivity contribution in [3.63, 3.8) is 0 Å². The average Bonchev–Trinajstić information content (AvgIpc) is 2.87. The SMILES string of the molecule is CCNC(c1cc(Cl)cc(Br)c1)c1csc2ccccc12. The molecule has 4 heteroatoms. The fourth-order valence-electron chi connectivity index (χ4n) is 2.58. The van der Waals surface area contributed by atoms with Gasteiger partial charge in [-0.15, -0.1) is 11.3 Å². The molecular weight excluding hydrogens is 366 g/mol. The average molecular weight is 381 g/mol. The Balaban J connectivity index is 2.13. The number of fused-ring (bicyclic) bond motifs is 1. The van der Waals surface area contributed by atoms with Crippen LogP contribution in [0.15, 0.2) is 52.3 Å². The molecule has 0 saturated carbocycles. The molecule has 3 aromatic rings. The molecule has 108 valence electrons. The van der Waals surface area contributed by atoms with Gasteiger partial charge in [-0.3, -0.25) is 0 Å². The molecule has 1 heterocycles. The van der Waals surface area contributed by atoms with Gasteiger partial charge < -0.3 is 5.32 Å². The molecule has 0 saturated heterocycles. The van der Waals surface area contributed by atoms with Crippen molar-refractivity contribution < 1.29 is 0 Å². The van der Waals surface area contributed by atoms with Gasteiger partial charge in [0.05, 0.1) is 6.04 Å². The third-order valence-electron chi connectivity index (χ3n) is 3.45. The zero-order chi connectivity index (χ0) is 14.8. The first-order chi connectivity index (χ1) is 10.2. The lowest BCUT2D eigenvalue weighted by molar-refractivity contribution is 0.635. The van der Waals surface area contributed by atoms with Crippen molar-refractivity contribution in [3.05, 3.63) is 68.5 Å². The molecule has 21 heavy (non-hydrogen) atoms. The Hall–Kier alpha value is -0.870. The summed E-state index contributed by atoms with van der Waals surface area (Å²) in [4.78, 5) is 0. The number of halogens is 2. The Morgan fingerprint density at radius 2 is 2.05 bits per heavy atom. The van der Waals surface area contributed by atoms with Crippen LogP contribution in [0.3, 0.4) is 0 Å². The normalized spacial score (nSPS) is 12.7. The van der Waals surface area contributed by atoms with E-state index in [4.69, 9.17) is 11.6 Å². The van der Waals surface area contributed by atoms with Crippen molar-refractivity contribution >= 4 is 49.0 Å². The summed E-state index contributed by atoms with van der Waals surface area (Å²) < 4.78 is 2.32. The summed E-state index contributed by atoms with van der Waals surface area (Å²) >= 11 is 11.5. The van der Waals surface area contributed by atoms with Crippen LogP contribution in [-0.4, -0.2) is 6.54 Å². The van der Waals surface area contributed by atoms with E-state index in [1.807, 2.05) is 12.1 Å². The third kappa shape index (κ3) is 3.16. The predicted molar refractivity (Wildman–Crippen MR) is 96.5 cm³/mol. The van der Waals surface area contributed by atoms with E-state index >= 15 is 0 Å². The summed E-state index contributed by atoms with van der Waals surface area (Å²) in [5.74, 6) is 0. The maximum Gasteiger partial charge on any atom is 0.0591 e. The van der Waals surface area contributed by atoms with Crippen molar-refractivity contribution in [2.45, 2.75) is 13.0 Å². The van der Waals surface area contributed by atoms with E-state index in [2.05, 4.69) is 63.9 Å². The van der Waals surface area contributed by atoms with Gasteiger partial charge in [0.1, 0.15) is 0 Å². The number of hydrogen-bond acceptors (Lipinski definition) is 2. The molecule has 0 fully saturated rings. The summed E-state index contributed by atoms with van der Waals surface area (Å²) in [7, 11) is 0. The topological polar surface area (TPSA) is 12.0 Å². The smallest absolute Gasteiger partial charge is 0.0591 e. The van der Waals surface area contributed by atoms with Gasteiger partial charge in [-0.25, -0.2) is 0 Å². The maximum atomic E-state index is 6.22. The Morgan fingerprint density at radius 3 is 2.81 bits per heavy atom. The quantitative estimate of drug-likeness (QED) is 0.584. The number of hydrogen-bond donors (Lipinski definition) is 1. The fourth-order valence-corrected chi connectivity index (χ4v) is 4.45. The molecule has 0 spiro atoms. The van der Waals surface area contributed by atoms with E-state index in [1.54, 1.807) is 11.3 Å². The Bertz CT molecular complexity index is 748. The largest absolute Gasteiger partial charge is 0.306 e. The van der Waals surface area contributed by atoms with Crippen LogP contribution in [-0.2, 0) is 0 Å². The van der Waals surface area contributed by atoms with Crippen molar-refractivity contribution in [2.75, 3.05) is 6.54 Å². The van der Waals surface area contributed by atoms with Crippen LogP contribution in [0.25, 0.3) is 10.1 Å². The zero-order valence-corrected chi connectivity index (χ0v) is 14.7. The first kappa shape index (κ1) is 15.0. The highest BCUT2D eigenvalue weighted by atomic mass is 79.9. The van der Waals surface area contributed by atoms with Crippen LogP contribution >= 0.6 is 38.9 Å². The molecule has 2 aromatic carbocycles. The zero-order valence-electron chi connectivity index (χ0n) is 11.6. The fraction of sp³-hybridized carbons (Fsp3) is 0.176. The molecule has 1 unspecified atom stereocenters. The summed E-state index contributed by atoms with van der Waals surface area (Å²) in [5.41, 5.74) is 2.49. The van der Waals surface area contributed by atoms with E-state index in [1.165, 1.54) is 21.2 Å². The van der Waals surface area contributed by atoms with E-state index in [9.17, 15) is 0 Å². The lowest BCUT2D eigenvalue weighted by atomic mass is 9.98. The van der Waals surface area contributed by atoms with Crippen LogP contribution in [0.5, 0.6) is 0 Å². The molecular formula is C17H15BrClNS. The maximum absolute atomic E-state index is 6.22. The van der Waals surface area contributed by atoms with Crippen LogP contribution in [0.1, 0.15) is 24.1 Å². The predicted octanol–water partition coefficient (Wildman–Crippen LogP) is 6.02. The van der Waals surface area contributed by atoms with E-state index in [-0.39, 0.29) is 6.04 Å². The van der Waals surface area contributed by atoms with Crippen LogP contribution in [0.2, 0.25) is 5.02 Å². The first-order valence-corrected chi connectivity index (χ1v) is 8.89. The Labute approximate surface area is 142 Å². The van der Waals surface area contributed by atoms with Gasteiger partial charge >= 0.3 is 0 Å². The highest BCUT2D eigenvalue weighted by Crippen LogP contribution is 2.35. The second kappa shape index (κ2) is 6.49. The molecule has 0 aliphatic heterocycles. The minimum absolute atomic E-state index is 0.154. The lowest BCUT2D eigenvalue weighted by Gasteiger charge is -2.19. The number of benzene rings is 2. The first-order valence-electron chi connectivity index (χ1n) is 6.84. The summed E-state index contributed by atoms with van der Waals surface area (Å²) in [6.45, 7) is 3.03. The molecule has 1 atom stereocenters. The molecule has 1 N–H and O–H groups in total. The molecule has 0 aliphatic carbocycles. The standard InChI is InChI=1S/C17H15BrClNS/c1-2-20-17(11-7-12(18)9-13(19)8-11)15-10-21-16-6-4-3-5-14(15)16/h3-10,17,20H,2H2,1H3. The summed E-state index contributed by atoms with van der Waals surface area (Å²) in [6, 6.07) is 14.8. The second-order valence-corrected chi connectivity index (χ2v) is 7.14. The molecule has 0 aliphatic rings. The van der Waals surface area contributed by atoms with Crippen molar-refractivity contribution in [1.82, 2.24) is 5.32 Å². The Kier molecular flexibility index (Phi) is 4.65. The van der Waals surface area contributed by atoms with Gasteiger partial charge in [-0.05, 0) is 52.7 Å². The number of rotatable bonds is 4. The minimum atomic E-state index is 0.154. The molecule has 3 rings (SSSR count).